The highest BCUT2D eigenvalue weighted by atomic mass is 32.1. The number of aromatic nitrogens is 1. The molecule has 6 nitrogen and oxygen atoms in total. The molecule has 0 aliphatic rings. The minimum Gasteiger partial charge on any atom is -0.497 e. The van der Waals surface area contributed by atoms with Crippen molar-refractivity contribution in [2.24, 2.45) is 5.92 Å². The van der Waals surface area contributed by atoms with Gasteiger partial charge in [0.05, 0.1) is 12.1 Å². The zero-order valence-corrected chi connectivity index (χ0v) is 15.3. The van der Waals surface area contributed by atoms with E-state index in [0.717, 1.165) is 16.3 Å². The van der Waals surface area contributed by atoms with Gasteiger partial charge in [0.25, 0.3) is 5.91 Å². The Labute approximate surface area is 150 Å². The van der Waals surface area contributed by atoms with Gasteiger partial charge in [0, 0.05) is 11.8 Å². The van der Waals surface area contributed by atoms with Crippen LogP contribution in [0.15, 0.2) is 29.6 Å². The van der Waals surface area contributed by atoms with Crippen molar-refractivity contribution in [3.8, 4) is 5.75 Å². The third-order valence-electron chi connectivity index (χ3n) is 4.06. The Hall–Kier alpha value is -2.41. The number of benzene rings is 1. The quantitative estimate of drug-likeness (QED) is 0.754. The fourth-order valence-corrected chi connectivity index (χ4v) is 3.12. The SMILES string of the molecule is CCC(C)C(NC(=O)c1csc(Cc2ccc(OC)cc2)n1)C(=O)O. The lowest BCUT2D eigenvalue weighted by Crippen LogP contribution is -2.45. The monoisotopic (exact) mass is 362 g/mol. The van der Waals surface area contributed by atoms with Gasteiger partial charge in [-0.1, -0.05) is 32.4 Å². The summed E-state index contributed by atoms with van der Waals surface area (Å²) in [6.07, 6.45) is 1.27. The molecule has 0 aliphatic carbocycles. The molecule has 2 rings (SSSR count). The molecule has 0 spiro atoms. The lowest BCUT2D eigenvalue weighted by Gasteiger charge is -2.19. The lowest BCUT2D eigenvalue weighted by molar-refractivity contribution is -0.140. The fraction of sp³-hybridized carbons (Fsp3) is 0.389. The Kier molecular flexibility index (Phi) is 6.52. The maximum Gasteiger partial charge on any atom is 0.326 e. The number of carboxylic acid groups (broad SMARTS) is 1. The number of hydrogen-bond acceptors (Lipinski definition) is 5. The van der Waals surface area contributed by atoms with Crippen molar-refractivity contribution < 1.29 is 19.4 Å². The summed E-state index contributed by atoms with van der Waals surface area (Å²) in [5, 5.41) is 14.3. The van der Waals surface area contributed by atoms with Gasteiger partial charge >= 0.3 is 5.97 Å². The molecule has 0 aliphatic heterocycles. The predicted octanol–water partition coefficient (Wildman–Crippen LogP) is 2.97. The fourth-order valence-electron chi connectivity index (χ4n) is 2.31. The number of methoxy groups -OCH3 is 1. The number of nitrogens with one attached hydrogen (secondary N) is 1. The van der Waals surface area contributed by atoms with Gasteiger partial charge in [-0.05, 0) is 23.6 Å². The van der Waals surface area contributed by atoms with Crippen LogP contribution < -0.4 is 10.1 Å². The van der Waals surface area contributed by atoms with E-state index < -0.39 is 17.9 Å². The number of ether oxygens (including phenoxy) is 1. The van der Waals surface area contributed by atoms with Crippen molar-refractivity contribution in [3.63, 3.8) is 0 Å². The average molecular weight is 362 g/mol. The summed E-state index contributed by atoms with van der Waals surface area (Å²) in [6, 6.07) is 6.73. The van der Waals surface area contributed by atoms with Gasteiger partial charge in [-0.3, -0.25) is 4.79 Å². The van der Waals surface area contributed by atoms with Crippen molar-refractivity contribution in [2.45, 2.75) is 32.7 Å². The molecule has 2 N–H and O–H groups in total. The number of carbonyl (C=O) groups is 2. The molecule has 1 aromatic heterocycles. The highest BCUT2D eigenvalue weighted by Crippen LogP contribution is 2.18. The van der Waals surface area contributed by atoms with Gasteiger partial charge in [0.15, 0.2) is 0 Å². The maximum absolute atomic E-state index is 12.3. The van der Waals surface area contributed by atoms with Gasteiger partial charge in [-0.15, -0.1) is 11.3 Å². The van der Waals surface area contributed by atoms with E-state index in [0.29, 0.717) is 12.8 Å². The number of thiazole rings is 1. The van der Waals surface area contributed by atoms with E-state index in [1.165, 1.54) is 11.3 Å². The van der Waals surface area contributed by atoms with E-state index in [9.17, 15) is 14.7 Å². The van der Waals surface area contributed by atoms with Crippen molar-refractivity contribution in [1.82, 2.24) is 10.3 Å². The molecule has 0 fully saturated rings. The van der Waals surface area contributed by atoms with Crippen LogP contribution in [0.4, 0.5) is 0 Å². The number of amides is 1. The summed E-state index contributed by atoms with van der Waals surface area (Å²) < 4.78 is 5.13. The Morgan fingerprint density at radius 1 is 1.32 bits per heavy atom. The number of aliphatic carboxylic acids is 1. The molecule has 2 unspecified atom stereocenters. The second-order valence-electron chi connectivity index (χ2n) is 5.83. The van der Waals surface area contributed by atoms with Gasteiger partial charge in [0.1, 0.15) is 17.5 Å². The minimum atomic E-state index is -1.03. The van der Waals surface area contributed by atoms with Gasteiger partial charge in [-0.2, -0.15) is 0 Å². The van der Waals surface area contributed by atoms with Gasteiger partial charge in [-0.25, -0.2) is 9.78 Å². The molecule has 1 amide bonds. The van der Waals surface area contributed by atoms with Crippen LogP contribution in [0, 0.1) is 5.92 Å². The first-order chi connectivity index (χ1) is 11.9. The van der Waals surface area contributed by atoms with E-state index in [4.69, 9.17) is 4.74 Å². The molecule has 1 aromatic carbocycles. The van der Waals surface area contributed by atoms with Crippen LogP contribution >= 0.6 is 11.3 Å². The first-order valence-electron chi connectivity index (χ1n) is 8.05. The minimum absolute atomic E-state index is 0.154. The van der Waals surface area contributed by atoms with Gasteiger partial charge in [0.2, 0.25) is 0 Å². The van der Waals surface area contributed by atoms with E-state index >= 15 is 0 Å². The molecule has 0 radical (unpaired) electrons. The average Bonchev–Trinajstić information content (AvgIpc) is 3.07. The van der Waals surface area contributed by atoms with Crippen LogP contribution in [0.3, 0.4) is 0 Å². The molecule has 2 atom stereocenters. The highest BCUT2D eigenvalue weighted by Gasteiger charge is 2.26. The molecule has 134 valence electrons. The second kappa shape index (κ2) is 8.62. The van der Waals surface area contributed by atoms with Crippen molar-refractivity contribution in [3.05, 3.63) is 45.9 Å². The molecule has 2 aromatic rings. The molecule has 7 heteroatoms. The van der Waals surface area contributed by atoms with E-state index in [-0.39, 0.29) is 11.6 Å². The summed E-state index contributed by atoms with van der Waals surface area (Å²) in [4.78, 5) is 27.9. The highest BCUT2D eigenvalue weighted by molar-refractivity contribution is 7.09. The number of carboxylic acids is 1. The number of hydrogen-bond donors (Lipinski definition) is 2. The van der Waals surface area contributed by atoms with Crippen LogP contribution in [-0.4, -0.2) is 35.1 Å². The van der Waals surface area contributed by atoms with Crippen molar-refractivity contribution >= 4 is 23.2 Å². The van der Waals surface area contributed by atoms with Crippen molar-refractivity contribution in [1.29, 1.82) is 0 Å². The maximum atomic E-state index is 12.3. The van der Waals surface area contributed by atoms with Crippen LogP contribution in [0.2, 0.25) is 0 Å². The molecule has 0 saturated carbocycles. The van der Waals surface area contributed by atoms with Gasteiger partial charge < -0.3 is 15.2 Å². The Morgan fingerprint density at radius 2 is 2.00 bits per heavy atom. The summed E-state index contributed by atoms with van der Waals surface area (Å²) >= 11 is 1.38. The summed E-state index contributed by atoms with van der Waals surface area (Å²) in [5.74, 6) is -0.854. The first kappa shape index (κ1) is 18.9. The largest absolute Gasteiger partial charge is 0.497 e. The molecular formula is C18H22N2O4S. The molecule has 25 heavy (non-hydrogen) atoms. The summed E-state index contributed by atoms with van der Waals surface area (Å²) in [5.41, 5.74) is 1.31. The zero-order chi connectivity index (χ0) is 18.4. The number of rotatable bonds is 8. The lowest BCUT2D eigenvalue weighted by atomic mass is 9.99. The standard InChI is InChI=1S/C18H22N2O4S/c1-4-11(2)16(18(22)23)20-17(21)14-10-25-15(19-14)9-12-5-7-13(24-3)8-6-12/h5-8,10-11,16H,4,9H2,1-3H3,(H,20,21)(H,22,23). The Bertz CT molecular complexity index is 727. The van der Waals surface area contributed by atoms with E-state index in [2.05, 4.69) is 10.3 Å². The second-order valence-corrected chi connectivity index (χ2v) is 6.77. The molecular weight excluding hydrogens is 340 g/mol. The third kappa shape index (κ3) is 5.03. The number of nitrogens with zero attached hydrogens (tertiary/aromatic N) is 1. The summed E-state index contributed by atoms with van der Waals surface area (Å²) in [7, 11) is 1.62. The van der Waals surface area contributed by atoms with Crippen LogP contribution in [-0.2, 0) is 11.2 Å². The van der Waals surface area contributed by atoms with Crippen LogP contribution in [0.5, 0.6) is 5.75 Å². The Balaban J connectivity index is 2.03. The van der Waals surface area contributed by atoms with Crippen molar-refractivity contribution in [2.75, 3.05) is 7.11 Å². The first-order valence-corrected chi connectivity index (χ1v) is 8.93. The molecule has 0 saturated heterocycles. The smallest absolute Gasteiger partial charge is 0.326 e. The zero-order valence-electron chi connectivity index (χ0n) is 14.5. The number of carbonyl (C=O) groups excluding carboxylic acids is 1. The normalized spacial score (nSPS) is 13.1. The third-order valence-corrected chi connectivity index (χ3v) is 4.91. The summed E-state index contributed by atoms with van der Waals surface area (Å²) in [6.45, 7) is 3.69. The molecule has 0 bridgehead atoms. The van der Waals surface area contributed by atoms with E-state index in [1.807, 2.05) is 31.2 Å². The molecule has 1 heterocycles. The predicted molar refractivity (Wildman–Crippen MR) is 96.3 cm³/mol. The van der Waals surface area contributed by atoms with Crippen LogP contribution in [0.1, 0.15) is 41.3 Å². The topological polar surface area (TPSA) is 88.5 Å². The Morgan fingerprint density at radius 3 is 2.56 bits per heavy atom. The van der Waals surface area contributed by atoms with E-state index in [1.54, 1.807) is 19.4 Å². The van der Waals surface area contributed by atoms with Crippen LogP contribution in [0.25, 0.3) is 0 Å².